The van der Waals surface area contributed by atoms with Gasteiger partial charge in [-0.05, 0) is 48.1 Å². The average Bonchev–Trinajstić information content (AvgIpc) is 2.36. The zero-order chi connectivity index (χ0) is 15.8. The van der Waals surface area contributed by atoms with Crippen molar-refractivity contribution >= 4 is 5.78 Å². The molecule has 0 radical (unpaired) electrons. The predicted molar refractivity (Wildman–Crippen MR) is 84.4 cm³/mol. The van der Waals surface area contributed by atoms with Crippen LogP contribution in [0.5, 0.6) is 0 Å². The highest BCUT2D eigenvalue weighted by Gasteiger charge is 2.17. The molecule has 0 heterocycles. The van der Waals surface area contributed by atoms with Crippen molar-refractivity contribution in [1.29, 1.82) is 0 Å². The van der Waals surface area contributed by atoms with Crippen LogP contribution in [0.4, 0.5) is 4.39 Å². The van der Waals surface area contributed by atoms with E-state index in [1.54, 1.807) is 13.8 Å². The second-order valence-corrected chi connectivity index (χ2v) is 6.57. The first kappa shape index (κ1) is 15.4. The van der Waals surface area contributed by atoms with Crippen molar-refractivity contribution in [2.75, 3.05) is 0 Å². The van der Waals surface area contributed by atoms with Crippen LogP contribution in [0.15, 0.2) is 36.4 Å². The van der Waals surface area contributed by atoms with Crippen LogP contribution in [-0.4, -0.2) is 5.78 Å². The van der Waals surface area contributed by atoms with Gasteiger partial charge in [-0.2, -0.15) is 0 Å². The number of hydrogen-bond acceptors (Lipinski definition) is 1. The van der Waals surface area contributed by atoms with Gasteiger partial charge in [0.1, 0.15) is 5.82 Å². The van der Waals surface area contributed by atoms with E-state index in [9.17, 15) is 9.18 Å². The van der Waals surface area contributed by atoms with Gasteiger partial charge in [0.25, 0.3) is 0 Å². The third kappa shape index (κ3) is 3.21. The van der Waals surface area contributed by atoms with Gasteiger partial charge in [-0.1, -0.05) is 45.0 Å². The molecule has 0 aliphatic rings. The van der Waals surface area contributed by atoms with E-state index in [2.05, 4.69) is 20.8 Å². The standard InChI is InChI=1S/C19H21FO/c1-12-10-16(20)11-13(2)17(12)18(21)14-6-8-15(9-7-14)19(3,4)5/h6-11H,1-5H3. The highest BCUT2D eigenvalue weighted by molar-refractivity contribution is 6.10. The van der Waals surface area contributed by atoms with Crippen LogP contribution in [0.25, 0.3) is 0 Å². The van der Waals surface area contributed by atoms with Crippen molar-refractivity contribution in [3.05, 3.63) is 70.0 Å². The normalized spacial score (nSPS) is 11.5. The Morgan fingerprint density at radius 2 is 1.43 bits per heavy atom. The minimum atomic E-state index is -0.301. The third-order valence-electron chi connectivity index (χ3n) is 3.74. The molecule has 110 valence electrons. The lowest BCUT2D eigenvalue weighted by Gasteiger charge is -2.19. The number of rotatable bonds is 2. The molecule has 2 aromatic carbocycles. The smallest absolute Gasteiger partial charge is 0.193 e. The topological polar surface area (TPSA) is 17.1 Å². The van der Waals surface area contributed by atoms with E-state index in [0.717, 1.165) is 0 Å². The first-order valence-electron chi connectivity index (χ1n) is 7.12. The van der Waals surface area contributed by atoms with Crippen LogP contribution in [0, 0.1) is 19.7 Å². The molecular weight excluding hydrogens is 263 g/mol. The van der Waals surface area contributed by atoms with Crippen LogP contribution in [0.2, 0.25) is 0 Å². The molecular formula is C19H21FO. The Morgan fingerprint density at radius 1 is 0.952 bits per heavy atom. The highest BCUT2D eigenvalue weighted by Crippen LogP contribution is 2.24. The summed E-state index contributed by atoms with van der Waals surface area (Å²) in [6.07, 6.45) is 0. The molecule has 0 N–H and O–H groups in total. The summed E-state index contributed by atoms with van der Waals surface area (Å²) in [6.45, 7) is 9.95. The fraction of sp³-hybridized carbons (Fsp3) is 0.316. The lowest BCUT2D eigenvalue weighted by molar-refractivity contribution is 0.103. The molecule has 0 aliphatic carbocycles. The molecule has 0 atom stereocenters. The maximum atomic E-state index is 13.3. The zero-order valence-corrected chi connectivity index (χ0v) is 13.3. The summed E-state index contributed by atoms with van der Waals surface area (Å²) >= 11 is 0. The number of carbonyl (C=O) groups excluding carboxylic acids is 1. The second-order valence-electron chi connectivity index (χ2n) is 6.57. The number of halogens is 1. The fourth-order valence-corrected chi connectivity index (χ4v) is 2.53. The van der Waals surface area contributed by atoms with E-state index >= 15 is 0 Å². The number of hydrogen-bond donors (Lipinski definition) is 0. The van der Waals surface area contributed by atoms with Crippen molar-refractivity contribution in [3.63, 3.8) is 0 Å². The zero-order valence-electron chi connectivity index (χ0n) is 13.3. The Bertz CT molecular complexity index is 653. The summed E-state index contributed by atoms with van der Waals surface area (Å²) in [5.41, 5.74) is 3.84. The van der Waals surface area contributed by atoms with Crippen LogP contribution in [-0.2, 0) is 5.41 Å². The molecule has 0 spiro atoms. The summed E-state index contributed by atoms with van der Waals surface area (Å²) in [4.78, 5) is 12.6. The molecule has 2 heteroatoms. The minimum absolute atomic E-state index is 0.0505. The third-order valence-corrected chi connectivity index (χ3v) is 3.74. The predicted octanol–water partition coefficient (Wildman–Crippen LogP) is 4.97. The maximum absolute atomic E-state index is 13.3. The first-order chi connectivity index (χ1) is 9.70. The number of benzene rings is 2. The molecule has 0 fully saturated rings. The molecule has 1 nitrogen and oxygen atoms in total. The van der Waals surface area contributed by atoms with Crippen LogP contribution >= 0.6 is 0 Å². The van der Waals surface area contributed by atoms with E-state index in [1.165, 1.54) is 17.7 Å². The lowest BCUT2D eigenvalue weighted by Crippen LogP contribution is -2.12. The van der Waals surface area contributed by atoms with Gasteiger partial charge >= 0.3 is 0 Å². The summed E-state index contributed by atoms with van der Waals surface area (Å²) in [5.74, 6) is -0.352. The molecule has 21 heavy (non-hydrogen) atoms. The lowest BCUT2D eigenvalue weighted by atomic mass is 9.86. The van der Waals surface area contributed by atoms with Crippen molar-refractivity contribution < 1.29 is 9.18 Å². The summed E-state index contributed by atoms with van der Waals surface area (Å²) < 4.78 is 13.3. The molecule has 0 saturated heterocycles. The van der Waals surface area contributed by atoms with Crippen molar-refractivity contribution in [3.8, 4) is 0 Å². The number of carbonyl (C=O) groups is 1. The van der Waals surface area contributed by atoms with Gasteiger partial charge in [0.2, 0.25) is 0 Å². The van der Waals surface area contributed by atoms with Crippen LogP contribution < -0.4 is 0 Å². The van der Waals surface area contributed by atoms with Crippen LogP contribution in [0.3, 0.4) is 0 Å². The summed E-state index contributed by atoms with van der Waals surface area (Å²) in [6, 6.07) is 10.5. The average molecular weight is 284 g/mol. The van der Waals surface area contributed by atoms with Gasteiger partial charge in [-0.25, -0.2) is 4.39 Å². The van der Waals surface area contributed by atoms with Gasteiger partial charge in [0.15, 0.2) is 5.78 Å². The van der Waals surface area contributed by atoms with E-state index < -0.39 is 0 Å². The summed E-state index contributed by atoms with van der Waals surface area (Å²) in [5, 5.41) is 0. The Kier molecular flexibility index (Phi) is 3.99. The van der Waals surface area contributed by atoms with E-state index in [1.807, 2.05) is 24.3 Å². The molecule has 2 rings (SSSR count). The van der Waals surface area contributed by atoms with Gasteiger partial charge in [-0.15, -0.1) is 0 Å². The molecule has 0 unspecified atom stereocenters. The number of ketones is 1. The Labute approximate surface area is 125 Å². The molecule has 0 saturated carbocycles. The largest absolute Gasteiger partial charge is 0.289 e. The fourth-order valence-electron chi connectivity index (χ4n) is 2.53. The molecule has 0 bridgehead atoms. The molecule has 0 amide bonds. The highest BCUT2D eigenvalue weighted by atomic mass is 19.1. The van der Waals surface area contributed by atoms with E-state index in [-0.39, 0.29) is 17.0 Å². The van der Waals surface area contributed by atoms with Gasteiger partial charge in [0.05, 0.1) is 0 Å². The van der Waals surface area contributed by atoms with Gasteiger partial charge in [0, 0.05) is 11.1 Å². The van der Waals surface area contributed by atoms with E-state index in [0.29, 0.717) is 22.3 Å². The van der Waals surface area contributed by atoms with Crippen molar-refractivity contribution in [2.24, 2.45) is 0 Å². The minimum Gasteiger partial charge on any atom is -0.289 e. The van der Waals surface area contributed by atoms with E-state index in [4.69, 9.17) is 0 Å². The SMILES string of the molecule is Cc1cc(F)cc(C)c1C(=O)c1ccc(C(C)(C)C)cc1. The van der Waals surface area contributed by atoms with Gasteiger partial charge in [-0.3, -0.25) is 4.79 Å². The first-order valence-corrected chi connectivity index (χ1v) is 7.12. The second kappa shape index (κ2) is 5.44. The van der Waals surface area contributed by atoms with Crippen molar-refractivity contribution in [1.82, 2.24) is 0 Å². The quantitative estimate of drug-likeness (QED) is 0.711. The maximum Gasteiger partial charge on any atom is 0.193 e. The molecule has 0 aliphatic heterocycles. The summed E-state index contributed by atoms with van der Waals surface area (Å²) in [7, 11) is 0. The monoisotopic (exact) mass is 284 g/mol. The molecule has 0 aromatic heterocycles. The van der Waals surface area contributed by atoms with Gasteiger partial charge < -0.3 is 0 Å². The Hall–Kier alpha value is -1.96. The Balaban J connectivity index is 2.42. The Morgan fingerprint density at radius 3 is 1.86 bits per heavy atom. The molecule has 2 aromatic rings. The van der Waals surface area contributed by atoms with Crippen LogP contribution in [0.1, 0.15) is 53.4 Å². The number of aryl methyl sites for hydroxylation is 2. The van der Waals surface area contributed by atoms with Crippen molar-refractivity contribution in [2.45, 2.75) is 40.0 Å².